The maximum absolute atomic E-state index is 13.6. The fourth-order valence-corrected chi connectivity index (χ4v) is 1.68. The number of carbonyl (C=O) groups is 2. The van der Waals surface area contributed by atoms with Gasteiger partial charge in [0.1, 0.15) is 11.6 Å². The Bertz CT molecular complexity index is 482. The number of esters is 1. The molecule has 1 aromatic carbocycles. The van der Waals surface area contributed by atoms with Crippen LogP contribution in [0.3, 0.4) is 0 Å². The van der Waals surface area contributed by atoms with E-state index in [4.69, 9.17) is 4.74 Å². The highest BCUT2D eigenvalue weighted by molar-refractivity contribution is 6.40. The maximum Gasteiger partial charge on any atom is 0.379 e. The van der Waals surface area contributed by atoms with E-state index in [0.29, 0.717) is 18.8 Å². The number of benzene rings is 1. The molecule has 0 unspecified atom stereocenters. The summed E-state index contributed by atoms with van der Waals surface area (Å²) in [6.07, 6.45) is 0.610. The summed E-state index contributed by atoms with van der Waals surface area (Å²) in [5.74, 6) is -2.32. The van der Waals surface area contributed by atoms with E-state index in [1.807, 2.05) is 0 Å². The van der Waals surface area contributed by atoms with Gasteiger partial charge in [-0.05, 0) is 18.6 Å². The van der Waals surface area contributed by atoms with Gasteiger partial charge in [-0.25, -0.2) is 9.18 Å². The van der Waals surface area contributed by atoms with Crippen LogP contribution in [-0.4, -0.2) is 25.0 Å². The third-order valence-electron chi connectivity index (χ3n) is 2.48. The molecule has 0 saturated heterocycles. The smallest absolute Gasteiger partial charge is 0.379 e. The third kappa shape index (κ3) is 2.13. The lowest BCUT2D eigenvalue weighted by Gasteiger charge is -2.05. The Labute approximate surface area is 97.3 Å². The van der Waals surface area contributed by atoms with Crippen molar-refractivity contribution >= 4 is 11.8 Å². The van der Waals surface area contributed by atoms with Crippen LogP contribution in [0.1, 0.15) is 22.8 Å². The van der Waals surface area contributed by atoms with Crippen LogP contribution in [0.2, 0.25) is 0 Å². The standard InChI is InChI=1S/C12H11FO4/c1-2-16-12(15)11(14)8-5-7-3-4-17-10(7)6-9(8)13/h5-6H,2-4H2,1H3. The predicted molar refractivity (Wildman–Crippen MR) is 56.6 cm³/mol. The van der Waals surface area contributed by atoms with E-state index in [1.165, 1.54) is 6.07 Å². The van der Waals surface area contributed by atoms with Crippen LogP contribution in [0.4, 0.5) is 4.39 Å². The van der Waals surface area contributed by atoms with Crippen LogP contribution in [0.15, 0.2) is 12.1 Å². The minimum absolute atomic E-state index is 0.0836. The molecule has 0 aliphatic carbocycles. The average Bonchev–Trinajstić information content (AvgIpc) is 2.74. The summed E-state index contributed by atoms with van der Waals surface area (Å²) >= 11 is 0. The number of ether oxygens (including phenoxy) is 2. The summed E-state index contributed by atoms with van der Waals surface area (Å²) < 4.78 is 23.3. The molecule has 0 N–H and O–H groups in total. The summed E-state index contributed by atoms with van der Waals surface area (Å²) in [5.41, 5.74) is 0.478. The van der Waals surface area contributed by atoms with E-state index in [1.54, 1.807) is 6.92 Å². The van der Waals surface area contributed by atoms with Gasteiger partial charge in [0.25, 0.3) is 5.78 Å². The number of hydrogen-bond donors (Lipinski definition) is 0. The lowest BCUT2D eigenvalue weighted by Crippen LogP contribution is -2.19. The lowest BCUT2D eigenvalue weighted by molar-refractivity contribution is -0.137. The maximum atomic E-state index is 13.6. The van der Waals surface area contributed by atoms with Crippen molar-refractivity contribution in [1.29, 1.82) is 0 Å². The fourth-order valence-electron chi connectivity index (χ4n) is 1.68. The highest BCUT2D eigenvalue weighted by Crippen LogP contribution is 2.28. The zero-order valence-corrected chi connectivity index (χ0v) is 9.29. The molecule has 0 radical (unpaired) electrons. The van der Waals surface area contributed by atoms with Crippen LogP contribution in [0.5, 0.6) is 5.75 Å². The molecule has 1 aromatic rings. The second-order valence-corrected chi connectivity index (χ2v) is 3.59. The first-order valence-electron chi connectivity index (χ1n) is 5.30. The first-order valence-corrected chi connectivity index (χ1v) is 5.30. The van der Waals surface area contributed by atoms with Gasteiger partial charge in [-0.3, -0.25) is 4.79 Å². The van der Waals surface area contributed by atoms with Gasteiger partial charge in [-0.1, -0.05) is 0 Å². The van der Waals surface area contributed by atoms with E-state index in [2.05, 4.69) is 4.74 Å². The molecule has 2 rings (SSSR count). The Hall–Kier alpha value is -1.91. The van der Waals surface area contributed by atoms with Crippen molar-refractivity contribution < 1.29 is 23.5 Å². The molecule has 0 bridgehead atoms. The molecule has 1 heterocycles. The normalized spacial score (nSPS) is 12.8. The molecule has 4 nitrogen and oxygen atoms in total. The number of ketones is 1. The second kappa shape index (κ2) is 4.53. The van der Waals surface area contributed by atoms with Crippen molar-refractivity contribution in [2.45, 2.75) is 13.3 Å². The molecule has 0 spiro atoms. The number of rotatable bonds is 3. The Balaban J connectivity index is 2.33. The van der Waals surface area contributed by atoms with Crippen molar-refractivity contribution in [1.82, 2.24) is 0 Å². The van der Waals surface area contributed by atoms with Crippen LogP contribution in [-0.2, 0) is 16.0 Å². The molecule has 1 aliphatic rings. The average molecular weight is 238 g/mol. The Morgan fingerprint density at radius 2 is 2.24 bits per heavy atom. The SMILES string of the molecule is CCOC(=O)C(=O)c1cc2c(cc1F)OCC2. The number of halogens is 1. The van der Waals surface area contributed by atoms with Gasteiger partial charge in [0.2, 0.25) is 0 Å². The molecule has 5 heteroatoms. The molecule has 0 amide bonds. The van der Waals surface area contributed by atoms with Gasteiger partial charge in [-0.2, -0.15) is 0 Å². The summed E-state index contributed by atoms with van der Waals surface area (Å²) in [7, 11) is 0. The summed E-state index contributed by atoms with van der Waals surface area (Å²) in [6.45, 7) is 2.13. The van der Waals surface area contributed by atoms with Crippen LogP contribution in [0, 0.1) is 5.82 Å². The number of Topliss-reactive ketones (excluding diaryl/α,β-unsaturated/α-hetero) is 1. The largest absolute Gasteiger partial charge is 0.493 e. The first kappa shape index (κ1) is 11.6. The molecule has 0 aromatic heterocycles. The predicted octanol–water partition coefficient (Wildman–Crippen LogP) is 1.51. The van der Waals surface area contributed by atoms with Crippen molar-refractivity contribution in [2.24, 2.45) is 0 Å². The van der Waals surface area contributed by atoms with Crippen molar-refractivity contribution in [3.63, 3.8) is 0 Å². The minimum Gasteiger partial charge on any atom is -0.493 e. The van der Waals surface area contributed by atoms with Crippen molar-refractivity contribution in [3.8, 4) is 5.75 Å². The number of hydrogen-bond acceptors (Lipinski definition) is 4. The Kier molecular flexibility index (Phi) is 3.08. The van der Waals surface area contributed by atoms with E-state index in [0.717, 1.165) is 11.6 Å². The molecular weight excluding hydrogens is 227 g/mol. The summed E-state index contributed by atoms with van der Waals surface area (Å²) in [6, 6.07) is 2.49. The van der Waals surface area contributed by atoms with Crippen LogP contribution >= 0.6 is 0 Å². The molecule has 0 atom stereocenters. The molecular formula is C12H11FO4. The van der Waals surface area contributed by atoms with Gasteiger partial charge in [0, 0.05) is 12.5 Å². The second-order valence-electron chi connectivity index (χ2n) is 3.59. The lowest BCUT2D eigenvalue weighted by atomic mass is 10.0. The number of carbonyl (C=O) groups excluding carboxylic acids is 2. The van der Waals surface area contributed by atoms with E-state index < -0.39 is 17.6 Å². The van der Waals surface area contributed by atoms with E-state index in [-0.39, 0.29) is 12.2 Å². The summed E-state index contributed by atoms with van der Waals surface area (Å²) in [4.78, 5) is 22.8. The fraction of sp³-hybridized carbons (Fsp3) is 0.333. The van der Waals surface area contributed by atoms with Gasteiger partial charge >= 0.3 is 5.97 Å². The van der Waals surface area contributed by atoms with Gasteiger partial charge in [-0.15, -0.1) is 0 Å². The highest BCUT2D eigenvalue weighted by Gasteiger charge is 2.24. The Morgan fingerprint density at radius 3 is 2.94 bits per heavy atom. The zero-order valence-electron chi connectivity index (χ0n) is 9.29. The molecule has 1 aliphatic heterocycles. The zero-order chi connectivity index (χ0) is 12.4. The Morgan fingerprint density at radius 1 is 1.47 bits per heavy atom. The molecule has 0 fully saturated rings. The molecule has 90 valence electrons. The topological polar surface area (TPSA) is 52.6 Å². The van der Waals surface area contributed by atoms with Gasteiger partial charge < -0.3 is 9.47 Å². The monoisotopic (exact) mass is 238 g/mol. The minimum atomic E-state index is -1.04. The van der Waals surface area contributed by atoms with Gasteiger partial charge in [0.15, 0.2) is 0 Å². The van der Waals surface area contributed by atoms with E-state index >= 15 is 0 Å². The van der Waals surface area contributed by atoms with Crippen LogP contribution < -0.4 is 4.74 Å². The highest BCUT2D eigenvalue weighted by atomic mass is 19.1. The quantitative estimate of drug-likeness (QED) is 0.455. The van der Waals surface area contributed by atoms with E-state index in [9.17, 15) is 14.0 Å². The third-order valence-corrected chi connectivity index (χ3v) is 2.48. The summed E-state index contributed by atoms with van der Waals surface area (Å²) in [5, 5.41) is 0. The molecule has 17 heavy (non-hydrogen) atoms. The van der Waals surface area contributed by atoms with Crippen LogP contribution in [0.25, 0.3) is 0 Å². The number of fused-ring (bicyclic) bond motifs is 1. The van der Waals surface area contributed by atoms with Gasteiger partial charge in [0.05, 0.1) is 18.8 Å². The van der Waals surface area contributed by atoms with Crippen molar-refractivity contribution in [2.75, 3.05) is 13.2 Å². The molecule has 0 saturated carbocycles. The van der Waals surface area contributed by atoms with Crippen molar-refractivity contribution in [3.05, 3.63) is 29.1 Å². The first-order chi connectivity index (χ1) is 8.13.